The van der Waals surface area contributed by atoms with Crippen LogP contribution < -0.4 is 0 Å². The molecule has 4 aromatic rings. The zero-order valence-corrected chi connectivity index (χ0v) is 13.6. The summed E-state index contributed by atoms with van der Waals surface area (Å²) in [6.07, 6.45) is 0. The Kier molecular flexibility index (Phi) is 3.20. The maximum absolute atomic E-state index is 3.18. The minimum atomic E-state index is 0. The molecule has 19 heavy (non-hydrogen) atoms. The van der Waals surface area contributed by atoms with Crippen molar-refractivity contribution in [3.05, 3.63) is 60.7 Å². The summed E-state index contributed by atoms with van der Waals surface area (Å²) in [5, 5.41) is 5.19. The van der Waals surface area contributed by atoms with E-state index in [4.69, 9.17) is 0 Å². The van der Waals surface area contributed by atoms with Gasteiger partial charge in [-0.1, -0.05) is 41.9 Å². The van der Waals surface area contributed by atoms with Crippen LogP contribution in [-0.4, -0.2) is 4.57 Å². The van der Waals surface area contributed by atoms with Crippen molar-refractivity contribution in [3.8, 4) is 0 Å². The van der Waals surface area contributed by atoms with Crippen LogP contribution in [0.2, 0.25) is 0 Å². The van der Waals surface area contributed by atoms with Crippen molar-refractivity contribution in [1.29, 1.82) is 0 Å². The summed E-state index contributed by atoms with van der Waals surface area (Å²) in [6.45, 7) is 0. The van der Waals surface area contributed by atoms with Crippen molar-refractivity contribution in [2.24, 2.45) is 7.05 Å². The molecule has 1 radical (unpaired) electrons. The summed E-state index contributed by atoms with van der Waals surface area (Å²) in [6, 6.07) is 22.3. The van der Waals surface area contributed by atoms with Gasteiger partial charge in [0.1, 0.15) is 0 Å². The van der Waals surface area contributed by atoms with Crippen LogP contribution in [-0.2, 0) is 39.8 Å². The predicted octanol–water partition coefficient (Wildman–Crippen LogP) is 4.28. The molecule has 1 nitrogen and oxygen atoms in total. The second-order valence-electron chi connectivity index (χ2n) is 4.69. The molecular weight excluding hydrogens is 307 g/mol. The van der Waals surface area contributed by atoms with Gasteiger partial charge in [-0.2, -0.15) is 18.2 Å². The van der Waals surface area contributed by atoms with E-state index < -0.39 is 0 Å². The Labute approximate surface area is 137 Å². The first-order valence-electron chi connectivity index (χ1n) is 6.12. The van der Waals surface area contributed by atoms with Crippen molar-refractivity contribution >= 4 is 32.6 Å². The number of aromatic nitrogens is 1. The fourth-order valence-corrected chi connectivity index (χ4v) is 2.88. The Morgan fingerprint density at radius 1 is 0.895 bits per heavy atom. The van der Waals surface area contributed by atoms with Gasteiger partial charge < -0.3 is 4.57 Å². The van der Waals surface area contributed by atoms with Crippen molar-refractivity contribution in [2.75, 3.05) is 0 Å². The molecule has 0 atom stereocenters. The summed E-state index contributed by atoms with van der Waals surface area (Å²) < 4.78 is 2.28. The van der Waals surface area contributed by atoms with Crippen LogP contribution >= 0.6 is 0 Å². The van der Waals surface area contributed by atoms with Crippen LogP contribution in [0.25, 0.3) is 32.6 Å². The average Bonchev–Trinajstić information content (AvgIpc) is 2.73. The van der Waals surface area contributed by atoms with E-state index in [-0.39, 0.29) is 32.7 Å². The molecule has 0 aliphatic heterocycles. The van der Waals surface area contributed by atoms with Gasteiger partial charge in [-0.15, -0.1) is 11.5 Å². The Hall–Kier alpha value is -1.18. The second kappa shape index (κ2) is 4.74. The normalized spacial score (nSPS) is 11.0. The van der Waals surface area contributed by atoms with Crippen LogP contribution in [0.15, 0.2) is 54.6 Å². The molecule has 0 bridgehead atoms. The molecule has 0 fully saturated rings. The number of rotatable bonds is 0. The Balaban J connectivity index is 0.00000110. The summed E-state index contributed by atoms with van der Waals surface area (Å²) in [7, 11) is 2.14. The van der Waals surface area contributed by atoms with Gasteiger partial charge in [0.05, 0.1) is 0 Å². The molecule has 2 heteroatoms. The summed E-state index contributed by atoms with van der Waals surface area (Å²) >= 11 is 0. The third-order valence-corrected chi connectivity index (χ3v) is 3.73. The molecule has 0 saturated heterocycles. The van der Waals surface area contributed by atoms with Crippen molar-refractivity contribution in [3.63, 3.8) is 0 Å². The van der Waals surface area contributed by atoms with E-state index in [0.29, 0.717) is 0 Å². The Bertz CT molecular complexity index is 890. The van der Waals surface area contributed by atoms with Gasteiger partial charge in [-0.05, 0) is 10.8 Å². The SMILES string of the molecule is Cn1c2cc[c-]cc2c2ccc3ccccc3c21.[Y]. The minimum absolute atomic E-state index is 0. The predicted molar refractivity (Wildman–Crippen MR) is 76.8 cm³/mol. The quantitative estimate of drug-likeness (QED) is 0.426. The van der Waals surface area contributed by atoms with Gasteiger partial charge in [0.2, 0.25) is 0 Å². The molecule has 0 unspecified atom stereocenters. The maximum atomic E-state index is 3.18. The third kappa shape index (κ3) is 1.76. The molecular formula is C17H12NY-. The molecule has 3 aromatic carbocycles. The van der Waals surface area contributed by atoms with E-state index in [1.54, 1.807) is 0 Å². The first-order chi connectivity index (χ1) is 8.86. The molecule has 0 N–H and O–H groups in total. The van der Waals surface area contributed by atoms with E-state index >= 15 is 0 Å². The Morgan fingerprint density at radius 3 is 2.63 bits per heavy atom. The van der Waals surface area contributed by atoms with Crippen molar-refractivity contribution in [2.45, 2.75) is 0 Å². The van der Waals surface area contributed by atoms with Gasteiger partial charge in [0, 0.05) is 50.7 Å². The first-order valence-corrected chi connectivity index (χ1v) is 6.12. The van der Waals surface area contributed by atoms with Crippen LogP contribution in [0.5, 0.6) is 0 Å². The largest absolute Gasteiger partial charge is 0.367 e. The molecule has 4 rings (SSSR count). The van der Waals surface area contributed by atoms with Crippen molar-refractivity contribution < 1.29 is 32.7 Å². The first kappa shape index (κ1) is 12.8. The molecule has 89 valence electrons. The smallest absolute Gasteiger partial charge is 0.0426 e. The van der Waals surface area contributed by atoms with E-state index in [1.165, 1.54) is 32.6 Å². The minimum Gasteiger partial charge on any atom is -0.367 e. The molecule has 0 aliphatic carbocycles. The summed E-state index contributed by atoms with van der Waals surface area (Å²) in [5.74, 6) is 0. The number of nitrogens with zero attached hydrogens (tertiary/aromatic N) is 1. The molecule has 0 aliphatic rings. The number of benzene rings is 3. The standard InChI is InChI=1S/C17H12N.Y/c1-18-16-9-5-4-8-14(16)15-11-10-12-6-2-3-7-13(12)17(15)18;/h2-3,5-11H,1H3;/q-1;. The van der Waals surface area contributed by atoms with Crippen LogP contribution in [0, 0.1) is 6.07 Å². The van der Waals surface area contributed by atoms with Crippen LogP contribution in [0.1, 0.15) is 0 Å². The average molecular weight is 319 g/mol. The van der Waals surface area contributed by atoms with E-state index in [2.05, 4.69) is 66.2 Å². The zero-order valence-electron chi connectivity index (χ0n) is 10.7. The number of fused-ring (bicyclic) bond motifs is 5. The third-order valence-electron chi connectivity index (χ3n) is 3.73. The molecule has 0 spiro atoms. The van der Waals surface area contributed by atoms with Crippen molar-refractivity contribution in [1.82, 2.24) is 4.57 Å². The monoisotopic (exact) mass is 319 g/mol. The van der Waals surface area contributed by atoms with Gasteiger partial charge in [0.25, 0.3) is 0 Å². The second-order valence-corrected chi connectivity index (χ2v) is 4.69. The fraction of sp³-hybridized carbons (Fsp3) is 0.0588. The number of hydrogen-bond donors (Lipinski definition) is 0. The van der Waals surface area contributed by atoms with Crippen LogP contribution in [0.4, 0.5) is 0 Å². The van der Waals surface area contributed by atoms with Gasteiger partial charge in [0.15, 0.2) is 0 Å². The van der Waals surface area contributed by atoms with Crippen LogP contribution in [0.3, 0.4) is 0 Å². The topological polar surface area (TPSA) is 4.93 Å². The number of aryl methyl sites for hydroxylation is 1. The fourth-order valence-electron chi connectivity index (χ4n) is 2.88. The van der Waals surface area contributed by atoms with Gasteiger partial charge in [-0.25, -0.2) is 0 Å². The molecule has 0 amide bonds. The molecule has 1 heterocycles. The summed E-state index contributed by atoms with van der Waals surface area (Å²) in [5.41, 5.74) is 2.57. The summed E-state index contributed by atoms with van der Waals surface area (Å²) in [4.78, 5) is 0. The van der Waals surface area contributed by atoms with Gasteiger partial charge in [-0.3, -0.25) is 0 Å². The van der Waals surface area contributed by atoms with E-state index in [1.807, 2.05) is 6.07 Å². The van der Waals surface area contributed by atoms with E-state index in [0.717, 1.165) is 0 Å². The molecule has 1 aromatic heterocycles. The number of hydrogen-bond acceptors (Lipinski definition) is 0. The zero-order chi connectivity index (χ0) is 12.1. The van der Waals surface area contributed by atoms with E-state index in [9.17, 15) is 0 Å². The maximum Gasteiger partial charge on any atom is 0.0426 e. The Morgan fingerprint density at radius 2 is 1.74 bits per heavy atom. The molecule has 0 saturated carbocycles. The van der Waals surface area contributed by atoms with Gasteiger partial charge >= 0.3 is 0 Å².